The van der Waals surface area contributed by atoms with Gasteiger partial charge in [0.2, 0.25) is 0 Å². The van der Waals surface area contributed by atoms with Crippen LogP contribution in [-0.4, -0.2) is 6.61 Å². The van der Waals surface area contributed by atoms with E-state index in [1.54, 1.807) is 18.2 Å². The van der Waals surface area contributed by atoms with Crippen LogP contribution < -0.4 is 4.74 Å². The van der Waals surface area contributed by atoms with Crippen molar-refractivity contribution < 1.29 is 4.74 Å². The molecule has 0 saturated heterocycles. The smallest absolute Gasteiger partial charge is 0.137 e. The minimum atomic E-state index is 0.564. The van der Waals surface area contributed by atoms with Gasteiger partial charge in [0.05, 0.1) is 11.6 Å². The average molecular weight is 232 g/mol. The second-order valence-corrected chi connectivity index (χ2v) is 3.75. The van der Waals surface area contributed by atoms with Crippen LogP contribution in [0.15, 0.2) is 18.2 Å². The fraction of sp³-hybridized carbons (Fsp3) is 0.364. The maximum atomic E-state index is 5.92. The van der Waals surface area contributed by atoms with Crippen LogP contribution in [0.1, 0.15) is 19.8 Å². The maximum absolute atomic E-state index is 5.92. The highest BCUT2D eigenvalue weighted by atomic mass is 35.5. The van der Waals surface area contributed by atoms with Crippen molar-refractivity contribution in [3.63, 3.8) is 0 Å². The predicted molar refractivity (Wildman–Crippen MR) is 61.2 cm³/mol. The van der Waals surface area contributed by atoms with Crippen molar-refractivity contribution in [1.29, 1.82) is 0 Å². The molecule has 0 amide bonds. The van der Waals surface area contributed by atoms with Crippen molar-refractivity contribution in [2.45, 2.75) is 19.8 Å². The van der Waals surface area contributed by atoms with Crippen molar-refractivity contribution in [2.75, 3.05) is 6.61 Å². The van der Waals surface area contributed by atoms with Crippen molar-refractivity contribution in [3.05, 3.63) is 34.7 Å². The Balaban J connectivity index is 2.42. The summed E-state index contributed by atoms with van der Waals surface area (Å²) < 4.78 is 5.47. The van der Waals surface area contributed by atoms with Gasteiger partial charge in [0.1, 0.15) is 5.75 Å². The molecule has 0 aliphatic rings. The van der Waals surface area contributed by atoms with Gasteiger partial charge in [-0.15, -0.1) is 0 Å². The molecule has 0 N–H and O–H groups in total. The predicted octanol–water partition coefficient (Wildman–Crippen LogP) is 4.38. The molecule has 3 heteroatoms. The zero-order valence-electron chi connectivity index (χ0n) is 8.09. The Hall–Kier alpha value is -0.400. The number of benzene rings is 1. The van der Waals surface area contributed by atoms with E-state index in [9.17, 15) is 0 Å². The van der Waals surface area contributed by atoms with E-state index in [-0.39, 0.29) is 0 Å². The van der Waals surface area contributed by atoms with Crippen molar-refractivity contribution in [3.8, 4) is 5.75 Å². The summed E-state index contributed by atoms with van der Waals surface area (Å²) in [7, 11) is 0. The van der Waals surface area contributed by atoms with E-state index >= 15 is 0 Å². The van der Waals surface area contributed by atoms with Crippen LogP contribution in [0.3, 0.4) is 0 Å². The third kappa shape index (κ3) is 3.77. The number of rotatable bonds is 5. The summed E-state index contributed by atoms with van der Waals surface area (Å²) in [4.78, 5) is 0. The fourth-order valence-corrected chi connectivity index (χ4v) is 1.51. The van der Waals surface area contributed by atoms with Crippen LogP contribution in [0.2, 0.25) is 10.0 Å². The highest BCUT2D eigenvalue weighted by Gasteiger charge is 2.01. The van der Waals surface area contributed by atoms with E-state index in [0.717, 1.165) is 12.8 Å². The molecule has 1 nitrogen and oxygen atoms in total. The second kappa shape index (κ2) is 6.15. The molecule has 1 aromatic rings. The molecule has 77 valence electrons. The maximum Gasteiger partial charge on any atom is 0.137 e. The lowest BCUT2D eigenvalue weighted by Gasteiger charge is -2.07. The summed E-state index contributed by atoms with van der Waals surface area (Å²) in [5, 5.41) is 1.19. The van der Waals surface area contributed by atoms with Gasteiger partial charge in [-0.1, -0.05) is 36.5 Å². The Kier molecular flexibility index (Phi) is 5.13. The molecule has 0 aliphatic carbocycles. The first-order chi connectivity index (χ1) is 6.74. The largest absolute Gasteiger partial charge is 0.492 e. The minimum Gasteiger partial charge on any atom is -0.492 e. The number of ether oxygens (including phenoxy) is 1. The summed E-state index contributed by atoms with van der Waals surface area (Å²) in [6.07, 6.45) is 4.18. The third-order valence-corrected chi connectivity index (χ3v) is 2.29. The highest BCUT2D eigenvalue weighted by Crippen LogP contribution is 2.27. The van der Waals surface area contributed by atoms with Crippen molar-refractivity contribution >= 4 is 23.2 Å². The van der Waals surface area contributed by atoms with E-state index < -0.39 is 0 Å². The summed E-state index contributed by atoms with van der Waals surface area (Å²) in [5.74, 6) is 0.695. The first-order valence-electron chi connectivity index (χ1n) is 4.63. The van der Waals surface area contributed by atoms with Crippen LogP contribution in [0.4, 0.5) is 0 Å². The van der Waals surface area contributed by atoms with Crippen LogP contribution in [0.25, 0.3) is 0 Å². The SMILES string of the molecule is CC[CH]CCOc1ccc(Cl)cc1Cl. The molecule has 1 rings (SSSR count). The number of halogens is 2. The van der Waals surface area contributed by atoms with Gasteiger partial charge in [0.15, 0.2) is 0 Å². The number of hydrogen-bond acceptors (Lipinski definition) is 1. The van der Waals surface area contributed by atoms with E-state index in [4.69, 9.17) is 27.9 Å². The second-order valence-electron chi connectivity index (χ2n) is 2.91. The highest BCUT2D eigenvalue weighted by molar-refractivity contribution is 6.35. The topological polar surface area (TPSA) is 9.23 Å². The molecule has 1 radical (unpaired) electrons. The zero-order valence-corrected chi connectivity index (χ0v) is 9.61. The molecule has 0 saturated carbocycles. The Bertz CT molecular complexity index is 287. The van der Waals surface area contributed by atoms with Crippen LogP contribution in [-0.2, 0) is 0 Å². The first kappa shape index (κ1) is 11.7. The summed E-state index contributed by atoms with van der Waals surface area (Å²) in [6.45, 7) is 2.77. The van der Waals surface area contributed by atoms with Crippen LogP contribution >= 0.6 is 23.2 Å². The lowest BCUT2D eigenvalue weighted by Crippen LogP contribution is -1.97. The molecule has 0 aromatic heterocycles. The molecule has 14 heavy (non-hydrogen) atoms. The van der Waals surface area contributed by atoms with Gasteiger partial charge in [-0.3, -0.25) is 0 Å². The van der Waals surface area contributed by atoms with Gasteiger partial charge in [-0.2, -0.15) is 0 Å². The monoisotopic (exact) mass is 231 g/mol. The first-order valence-corrected chi connectivity index (χ1v) is 5.39. The summed E-state index contributed by atoms with van der Waals surface area (Å²) in [5.41, 5.74) is 0. The molecular formula is C11H13Cl2O. The molecule has 0 aliphatic heterocycles. The van der Waals surface area contributed by atoms with Crippen molar-refractivity contribution in [1.82, 2.24) is 0 Å². The van der Waals surface area contributed by atoms with Gasteiger partial charge >= 0.3 is 0 Å². The number of unbranched alkanes of at least 4 members (excludes halogenated alkanes) is 2. The van der Waals surface area contributed by atoms with E-state index in [1.807, 2.05) is 0 Å². The zero-order chi connectivity index (χ0) is 10.4. The third-order valence-electron chi connectivity index (χ3n) is 1.76. The van der Waals surface area contributed by atoms with Gasteiger partial charge in [-0.05, 0) is 31.0 Å². The van der Waals surface area contributed by atoms with E-state index in [0.29, 0.717) is 22.4 Å². The molecule has 0 heterocycles. The standard InChI is InChI=1S/C11H13Cl2O/c1-2-3-4-7-14-11-6-5-9(12)8-10(11)13/h3,5-6,8H,2,4,7H2,1H3. The molecule has 0 bridgehead atoms. The Morgan fingerprint density at radius 1 is 1.36 bits per heavy atom. The fourth-order valence-electron chi connectivity index (χ4n) is 1.05. The van der Waals surface area contributed by atoms with Crippen LogP contribution in [0, 0.1) is 6.42 Å². The Morgan fingerprint density at radius 2 is 2.14 bits per heavy atom. The molecule has 1 aromatic carbocycles. The number of hydrogen-bond donors (Lipinski definition) is 0. The van der Waals surface area contributed by atoms with Crippen LogP contribution in [0.5, 0.6) is 5.75 Å². The Morgan fingerprint density at radius 3 is 2.79 bits per heavy atom. The quantitative estimate of drug-likeness (QED) is 0.684. The molecular weight excluding hydrogens is 219 g/mol. The van der Waals surface area contributed by atoms with Gasteiger partial charge in [0, 0.05) is 5.02 Å². The lowest BCUT2D eigenvalue weighted by molar-refractivity contribution is 0.319. The Labute approximate surface area is 95.0 Å². The van der Waals surface area contributed by atoms with E-state index in [2.05, 4.69) is 13.3 Å². The molecule has 0 atom stereocenters. The molecule has 0 unspecified atom stereocenters. The summed E-state index contributed by atoms with van der Waals surface area (Å²) in [6, 6.07) is 5.24. The lowest BCUT2D eigenvalue weighted by atomic mass is 10.3. The summed E-state index contributed by atoms with van der Waals surface area (Å²) >= 11 is 11.7. The molecule has 0 spiro atoms. The normalized spacial score (nSPS) is 10.2. The minimum absolute atomic E-state index is 0.564. The molecule has 0 fully saturated rings. The average Bonchev–Trinajstić information content (AvgIpc) is 2.15. The van der Waals surface area contributed by atoms with Gasteiger partial charge in [0.25, 0.3) is 0 Å². The van der Waals surface area contributed by atoms with Gasteiger partial charge < -0.3 is 4.74 Å². The van der Waals surface area contributed by atoms with E-state index in [1.165, 1.54) is 0 Å². The van der Waals surface area contributed by atoms with Crippen molar-refractivity contribution in [2.24, 2.45) is 0 Å². The van der Waals surface area contributed by atoms with Gasteiger partial charge in [-0.25, -0.2) is 0 Å².